The van der Waals surface area contributed by atoms with Gasteiger partial charge in [-0.25, -0.2) is 14.3 Å². The maximum atomic E-state index is 9.90. The van der Waals surface area contributed by atoms with E-state index in [0.717, 1.165) is 16.9 Å². The van der Waals surface area contributed by atoms with Gasteiger partial charge in [-0.3, -0.25) is 4.90 Å². The van der Waals surface area contributed by atoms with Gasteiger partial charge in [0.25, 0.3) is 0 Å². The molecule has 2 heterocycles. The molecule has 0 amide bonds. The minimum absolute atomic E-state index is 0.321. The van der Waals surface area contributed by atoms with Gasteiger partial charge >= 0.3 is 11.9 Å². The van der Waals surface area contributed by atoms with Crippen LogP contribution in [0.1, 0.15) is 34.0 Å². The minimum atomic E-state index is -2.27. The summed E-state index contributed by atoms with van der Waals surface area (Å²) in [5.41, 5.74) is 6.64. The van der Waals surface area contributed by atoms with Crippen molar-refractivity contribution < 1.29 is 30.0 Å². The predicted octanol–water partition coefficient (Wildman–Crippen LogP) is 1.34. The molecule has 1 aliphatic rings. The van der Waals surface area contributed by atoms with Gasteiger partial charge in [0.15, 0.2) is 12.2 Å². The van der Waals surface area contributed by atoms with Crippen molar-refractivity contribution in [2.75, 3.05) is 0 Å². The van der Waals surface area contributed by atoms with Crippen molar-refractivity contribution in [3.05, 3.63) is 76.6 Å². The summed E-state index contributed by atoms with van der Waals surface area (Å²) in [4.78, 5) is 21.7. The maximum Gasteiger partial charge on any atom is 0.335 e. The average Bonchev–Trinajstić information content (AvgIpc) is 3.24. The fourth-order valence-electron chi connectivity index (χ4n) is 3.79. The molecule has 1 aliphatic heterocycles. The number of nitrogens with zero attached hydrogens (tertiary/aromatic N) is 5. The molecule has 0 saturated heterocycles. The monoisotopic (exact) mass is 479 g/mol. The highest BCUT2D eigenvalue weighted by atomic mass is 16.4. The van der Waals surface area contributed by atoms with Crippen LogP contribution in [0.15, 0.2) is 48.7 Å². The standard InChI is InChI=1S/C20H19N5.C4H6O6/c1-14-7-8-16(15(2)9-14)12-24-13-17-11-22-23-25(17)19-6-4-3-5-18(19)20(24)10-21;5-1(3(7)8)2(6)4(9)10/h3-9,11,20H,12-13H2,1-2H3;1-2,5-6H,(H,7,8)(H,9,10). The Bertz CT molecular complexity index is 1250. The van der Waals surface area contributed by atoms with Crippen molar-refractivity contribution in [2.24, 2.45) is 0 Å². The summed E-state index contributed by atoms with van der Waals surface area (Å²) in [5, 5.41) is 50.7. The number of fused-ring (bicyclic) bond motifs is 3. The Hall–Kier alpha value is -4.11. The second-order valence-electron chi connectivity index (χ2n) is 8.13. The summed E-state index contributed by atoms with van der Waals surface area (Å²) in [6.07, 6.45) is -2.75. The van der Waals surface area contributed by atoms with Crippen LogP contribution in [0.5, 0.6) is 0 Å². The van der Waals surface area contributed by atoms with Gasteiger partial charge < -0.3 is 20.4 Å². The number of rotatable bonds is 5. The molecule has 2 aromatic carbocycles. The fourth-order valence-corrected chi connectivity index (χ4v) is 3.79. The molecular formula is C24H25N5O6. The zero-order valence-electron chi connectivity index (χ0n) is 19.1. The Labute approximate surface area is 201 Å². The van der Waals surface area contributed by atoms with E-state index < -0.39 is 24.1 Å². The lowest BCUT2D eigenvalue weighted by molar-refractivity contribution is -0.165. The number of aryl methyl sites for hydroxylation is 2. The molecule has 3 aromatic rings. The third-order valence-corrected chi connectivity index (χ3v) is 5.61. The smallest absolute Gasteiger partial charge is 0.335 e. The molecule has 0 aliphatic carbocycles. The first-order valence-electron chi connectivity index (χ1n) is 10.6. The molecular weight excluding hydrogens is 454 g/mol. The summed E-state index contributed by atoms with van der Waals surface area (Å²) < 4.78 is 1.85. The number of carboxylic acids is 2. The van der Waals surface area contributed by atoms with E-state index in [0.29, 0.717) is 13.1 Å². The van der Waals surface area contributed by atoms with E-state index in [-0.39, 0.29) is 6.04 Å². The van der Waals surface area contributed by atoms with Crippen LogP contribution in [0.25, 0.3) is 5.69 Å². The largest absolute Gasteiger partial charge is 0.479 e. The number of hydrogen-bond acceptors (Lipinski definition) is 8. The highest BCUT2D eigenvalue weighted by Crippen LogP contribution is 2.33. The molecule has 0 saturated carbocycles. The van der Waals surface area contributed by atoms with Crippen molar-refractivity contribution >= 4 is 11.9 Å². The zero-order valence-corrected chi connectivity index (χ0v) is 19.1. The number of aromatic nitrogens is 3. The second kappa shape index (κ2) is 10.9. The summed E-state index contributed by atoms with van der Waals surface area (Å²) in [7, 11) is 0. The van der Waals surface area contributed by atoms with Crippen LogP contribution < -0.4 is 0 Å². The molecule has 35 heavy (non-hydrogen) atoms. The third-order valence-electron chi connectivity index (χ3n) is 5.61. The molecule has 0 radical (unpaired) electrons. The zero-order chi connectivity index (χ0) is 25.7. The topological polar surface area (TPSA) is 173 Å². The Kier molecular flexibility index (Phi) is 7.93. The van der Waals surface area contributed by atoms with Crippen LogP contribution in [0, 0.1) is 25.2 Å². The average molecular weight is 479 g/mol. The molecule has 0 spiro atoms. The number of hydrogen-bond donors (Lipinski definition) is 4. The van der Waals surface area contributed by atoms with Crippen molar-refractivity contribution in [2.45, 2.75) is 45.2 Å². The minimum Gasteiger partial charge on any atom is -0.479 e. The Morgan fingerprint density at radius 1 is 1.11 bits per heavy atom. The Morgan fingerprint density at radius 2 is 1.77 bits per heavy atom. The van der Waals surface area contributed by atoms with Gasteiger partial charge in [0.05, 0.1) is 23.6 Å². The molecule has 0 fully saturated rings. The number of benzene rings is 2. The van der Waals surface area contributed by atoms with Crippen LogP contribution >= 0.6 is 0 Å². The number of aliphatic carboxylic acids is 2. The lowest BCUT2D eigenvalue weighted by Crippen LogP contribution is -2.39. The van der Waals surface area contributed by atoms with Crippen molar-refractivity contribution in [3.8, 4) is 11.8 Å². The molecule has 1 aromatic heterocycles. The summed E-state index contributed by atoms with van der Waals surface area (Å²) in [6, 6.07) is 16.6. The predicted molar refractivity (Wildman–Crippen MR) is 122 cm³/mol. The first kappa shape index (κ1) is 25.5. The van der Waals surface area contributed by atoms with E-state index >= 15 is 0 Å². The highest BCUT2D eigenvalue weighted by Gasteiger charge is 2.30. The van der Waals surface area contributed by atoms with Crippen LogP contribution in [-0.4, -0.2) is 64.5 Å². The van der Waals surface area contributed by atoms with Crippen LogP contribution in [-0.2, 0) is 22.7 Å². The molecule has 4 rings (SSSR count). The Morgan fingerprint density at radius 3 is 2.37 bits per heavy atom. The SMILES string of the molecule is Cc1ccc(CN2Cc3cnnn3-c3ccccc3C2C#N)c(C)c1.O=C(O)C(O)C(O)C(=O)O. The van der Waals surface area contributed by atoms with Crippen molar-refractivity contribution in [1.82, 2.24) is 19.9 Å². The molecule has 11 heteroatoms. The van der Waals surface area contributed by atoms with Crippen LogP contribution in [0.2, 0.25) is 0 Å². The van der Waals surface area contributed by atoms with E-state index in [2.05, 4.69) is 53.3 Å². The second-order valence-corrected chi connectivity index (χ2v) is 8.13. The van der Waals surface area contributed by atoms with Gasteiger partial charge in [0, 0.05) is 18.7 Å². The Balaban J connectivity index is 0.000000292. The van der Waals surface area contributed by atoms with E-state index in [4.69, 9.17) is 20.4 Å². The first-order valence-corrected chi connectivity index (χ1v) is 10.6. The number of nitriles is 1. The summed E-state index contributed by atoms with van der Waals surface area (Å²) >= 11 is 0. The van der Waals surface area contributed by atoms with Gasteiger partial charge in [0.1, 0.15) is 6.04 Å². The summed E-state index contributed by atoms with van der Waals surface area (Å²) in [5.74, 6) is -3.54. The number of aliphatic hydroxyl groups is 2. The van der Waals surface area contributed by atoms with Gasteiger partial charge in [0.2, 0.25) is 0 Å². The lowest BCUT2D eigenvalue weighted by Gasteiger charge is -2.26. The molecule has 182 valence electrons. The molecule has 3 atom stereocenters. The van der Waals surface area contributed by atoms with E-state index in [1.165, 1.54) is 16.7 Å². The van der Waals surface area contributed by atoms with E-state index in [9.17, 15) is 14.9 Å². The van der Waals surface area contributed by atoms with Crippen LogP contribution in [0.3, 0.4) is 0 Å². The van der Waals surface area contributed by atoms with Crippen LogP contribution in [0.4, 0.5) is 0 Å². The highest BCUT2D eigenvalue weighted by molar-refractivity contribution is 5.83. The van der Waals surface area contributed by atoms with Gasteiger partial charge in [-0.15, -0.1) is 5.10 Å². The quantitative estimate of drug-likeness (QED) is 0.418. The number of para-hydroxylation sites is 1. The van der Waals surface area contributed by atoms with Crippen molar-refractivity contribution in [1.29, 1.82) is 5.26 Å². The maximum absolute atomic E-state index is 9.90. The molecule has 0 bridgehead atoms. The van der Waals surface area contributed by atoms with Crippen molar-refractivity contribution in [3.63, 3.8) is 0 Å². The summed E-state index contributed by atoms with van der Waals surface area (Å²) in [6.45, 7) is 5.57. The lowest BCUT2D eigenvalue weighted by atomic mass is 10.0. The molecule has 11 nitrogen and oxygen atoms in total. The van der Waals surface area contributed by atoms with Gasteiger partial charge in [-0.1, -0.05) is 47.2 Å². The third kappa shape index (κ3) is 5.70. The molecule has 3 unspecified atom stereocenters. The molecule has 4 N–H and O–H groups in total. The first-order chi connectivity index (χ1) is 16.6. The van der Waals surface area contributed by atoms with E-state index in [1.807, 2.05) is 28.9 Å². The van der Waals surface area contributed by atoms with E-state index in [1.54, 1.807) is 6.20 Å². The number of carbonyl (C=O) groups is 2. The van der Waals surface area contributed by atoms with Gasteiger partial charge in [-0.05, 0) is 31.0 Å². The normalized spacial score (nSPS) is 16.4. The van der Waals surface area contributed by atoms with Gasteiger partial charge in [-0.2, -0.15) is 5.26 Å². The number of aliphatic hydroxyl groups excluding tert-OH is 2. The number of carboxylic acid groups (broad SMARTS) is 2. The fraction of sp³-hybridized carbons (Fsp3) is 0.292.